The van der Waals surface area contributed by atoms with Crippen LogP contribution in [0.15, 0.2) is 36.4 Å². The van der Waals surface area contributed by atoms with Crippen LogP contribution in [0.2, 0.25) is 0 Å². The SMILES string of the molecule is N=Cc1cc2c(cc1N)c(CC1CC(C(=O)O)C1)c(C1CCOCC1)n2-c1ccc(F)cc1. The van der Waals surface area contributed by atoms with Gasteiger partial charge in [0, 0.05) is 53.4 Å². The number of nitrogens with two attached hydrogens (primary N) is 1. The number of fused-ring (bicyclic) bond motifs is 1. The molecule has 1 aromatic heterocycles. The van der Waals surface area contributed by atoms with Gasteiger partial charge in [-0.15, -0.1) is 0 Å². The van der Waals surface area contributed by atoms with Crippen molar-refractivity contribution in [2.24, 2.45) is 11.8 Å². The van der Waals surface area contributed by atoms with Crippen LogP contribution in [0.4, 0.5) is 10.1 Å². The van der Waals surface area contributed by atoms with E-state index >= 15 is 0 Å². The Morgan fingerprint density at radius 2 is 1.91 bits per heavy atom. The van der Waals surface area contributed by atoms with Crippen molar-refractivity contribution in [3.63, 3.8) is 0 Å². The Morgan fingerprint density at radius 1 is 1.21 bits per heavy atom. The number of ether oxygens (including phenoxy) is 1. The van der Waals surface area contributed by atoms with Crippen molar-refractivity contribution in [3.8, 4) is 5.69 Å². The monoisotopic (exact) mass is 449 g/mol. The van der Waals surface area contributed by atoms with E-state index < -0.39 is 5.97 Å². The molecule has 1 aliphatic carbocycles. The summed E-state index contributed by atoms with van der Waals surface area (Å²) in [6.45, 7) is 1.38. The van der Waals surface area contributed by atoms with E-state index in [1.165, 1.54) is 29.6 Å². The van der Waals surface area contributed by atoms with E-state index in [1.807, 2.05) is 12.1 Å². The molecule has 0 amide bonds. The molecule has 2 aliphatic rings. The molecule has 0 spiro atoms. The van der Waals surface area contributed by atoms with Crippen LogP contribution in [0, 0.1) is 23.1 Å². The maximum absolute atomic E-state index is 13.8. The fourth-order valence-corrected chi connectivity index (χ4v) is 5.45. The smallest absolute Gasteiger partial charge is 0.306 e. The second kappa shape index (κ2) is 8.63. The average Bonchev–Trinajstić information content (AvgIpc) is 3.09. The second-order valence-corrected chi connectivity index (χ2v) is 9.28. The fraction of sp³-hybridized carbons (Fsp3) is 0.385. The molecule has 3 aromatic rings. The highest BCUT2D eigenvalue weighted by Crippen LogP contribution is 2.44. The van der Waals surface area contributed by atoms with E-state index in [1.54, 1.807) is 12.1 Å². The van der Waals surface area contributed by atoms with Crippen LogP contribution >= 0.6 is 0 Å². The summed E-state index contributed by atoms with van der Waals surface area (Å²) in [6, 6.07) is 10.4. The van der Waals surface area contributed by atoms with Gasteiger partial charge in [-0.2, -0.15) is 0 Å². The van der Waals surface area contributed by atoms with Gasteiger partial charge in [-0.3, -0.25) is 4.79 Å². The van der Waals surface area contributed by atoms with Gasteiger partial charge in [-0.05, 0) is 80.0 Å². The Balaban J connectivity index is 1.71. The molecule has 1 saturated carbocycles. The number of nitrogen functional groups attached to an aromatic ring is 1. The molecule has 0 bridgehead atoms. The maximum atomic E-state index is 13.8. The summed E-state index contributed by atoms with van der Waals surface area (Å²) < 4.78 is 21.6. The Hall–Kier alpha value is -3.19. The minimum Gasteiger partial charge on any atom is -0.481 e. The predicted octanol–water partition coefficient (Wildman–Crippen LogP) is 4.90. The van der Waals surface area contributed by atoms with E-state index in [0.717, 1.165) is 35.9 Å². The lowest BCUT2D eigenvalue weighted by molar-refractivity contribution is -0.146. The number of carbonyl (C=O) groups is 1. The van der Waals surface area contributed by atoms with Crippen molar-refractivity contribution in [2.45, 2.75) is 38.0 Å². The second-order valence-electron chi connectivity index (χ2n) is 9.28. The van der Waals surface area contributed by atoms with E-state index in [-0.39, 0.29) is 17.7 Å². The quantitative estimate of drug-likeness (QED) is 0.368. The summed E-state index contributed by atoms with van der Waals surface area (Å²) >= 11 is 0. The van der Waals surface area contributed by atoms with Gasteiger partial charge in [-0.25, -0.2) is 4.39 Å². The molecule has 2 fully saturated rings. The number of hydrogen-bond donors (Lipinski definition) is 3. The zero-order chi connectivity index (χ0) is 23.1. The lowest BCUT2D eigenvalue weighted by atomic mass is 9.71. The summed E-state index contributed by atoms with van der Waals surface area (Å²) in [4.78, 5) is 11.4. The molecule has 5 rings (SSSR count). The number of aliphatic carboxylic acids is 1. The zero-order valence-electron chi connectivity index (χ0n) is 18.4. The first-order valence-corrected chi connectivity index (χ1v) is 11.5. The van der Waals surface area contributed by atoms with E-state index in [2.05, 4.69) is 4.57 Å². The minimum absolute atomic E-state index is 0.262. The first-order valence-electron chi connectivity index (χ1n) is 11.5. The summed E-state index contributed by atoms with van der Waals surface area (Å²) in [5.74, 6) is -0.695. The largest absolute Gasteiger partial charge is 0.481 e. The first-order chi connectivity index (χ1) is 16.0. The molecule has 4 N–H and O–H groups in total. The van der Waals surface area contributed by atoms with Crippen LogP contribution < -0.4 is 5.73 Å². The van der Waals surface area contributed by atoms with Gasteiger partial charge in [0.05, 0.1) is 11.4 Å². The van der Waals surface area contributed by atoms with Crippen molar-refractivity contribution in [2.75, 3.05) is 18.9 Å². The van der Waals surface area contributed by atoms with Crippen molar-refractivity contribution >= 4 is 28.8 Å². The lowest BCUT2D eigenvalue weighted by Crippen LogP contribution is -2.31. The van der Waals surface area contributed by atoms with Crippen LogP contribution in [-0.2, 0) is 16.0 Å². The fourth-order valence-electron chi connectivity index (χ4n) is 5.45. The number of anilines is 1. The normalized spacial score (nSPS) is 21.1. The molecule has 2 heterocycles. The first kappa shape index (κ1) is 21.6. The standard InChI is InChI=1S/C26H28FN3O3/c27-19-1-3-20(4-2-19)30-24-12-18(14-28)23(29)13-21(24)22(11-15-9-17(10-15)26(31)32)25(30)16-5-7-33-8-6-16/h1-4,12-17,28H,5-11,29H2,(H,31,32). The molecule has 2 aromatic carbocycles. The van der Waals surface area contributed by atoms with Crippen LogP contribution in [0.25, 0.3) is 16.6 Å². The zero-order valence-corrected chi connectivity index (χ0v) is 18.4. The van der Waals surface area contributed by atoms with Gasteiger partial charge in [-0.1, -0.05) is 0 Å². The van der Waals surface area contributed by atoms with Gasteiger partial charge in [0.15, 0.2) is 0 Å². The topological polar surface area (TPSA) is 101 Å². The molecule has 172 valence electrons. The van der Waals surface area contributed by atoms with Gasteiger partial charge in [0.25, 0.3) is 0 Å². The van der Waals surface area contributed by atoms with Crippen LogP contribution in [-0.4, -0.2) is 35.1 Å². The highest BCUT2D eigenvalue weighted by Gasteiger charge is 2.36. The molecule has 6 nitrogen and oxygen atoms in total. The molecular formula is C26H28FN3O3. The number of benzene rings is 2. The molecule has 1 aliphatic heterocycles. The highest BCUT2D eigenvalue weighted by atomic mass is 19.1. The van der Waals surface area contributed by atoms with E-state index in [9.17, 15) is 14.3 Å². The van der Waals surface area contributed by atoms with Crippen LogP contribution in [0.1, 0.15) is 48.4 Å². The lowest BCUT2D eigenvalue weighted by Gasteiger charge is -2.33. The molecule has 1 saturated heterocycles. The van der Waals surface area contributed by atoms with E-state index in [4.69, 9.17) is 15.9 Å². The van der Waals surface area contributed by atoms with Crippen molar-refractivity contribution in [3.05, 3.63) is 59.0 Å². The summed E-state index contributed by atoms with van der Waals surface area (Å²) in [7, 11) is 0. The number of carboxylic acid groups (broad SMARTS) is 1. The van der Waals surface area contributed by atoms with Crippen molar-refractivity contribution < 1.29 is 19.0 Å². The number of halogens is 1. The third-order valence-electron chi connectivity index (χ3n) is 7.24. The molecule has 33 heavy (non-hydrogen) atoms. The van der Waals surface area contributed by atoms with Crippen molar-refractivity contribution in [1.29, 1.82) is 5.41 Å². The number of nitrogens with zero attached hydrogens (tertiary/aromatic N) is 1. The Kier molecular flexibility index (Phi) is 5.66. The highest BCUT2D eigenvalue weighted by molar-refractivity contribution is 5.97. The number of nitrogens with one attached hydrogen (secondary N) is 1. The van der Waals surface area contributed by atoms with Gasteiger partial charge < -0.3 is 25.6 Å². The third-order valence-corrected chi connectivity index (χ3v) is 7.24. The Labute approximate surface area is 191 Å². The average molecular weight is 450 g/mol. The maximum Gasteiger partial charge on any atom is 0.306 e. The Bertz CT molecular complexity index is 1210. The third kappa shape index (κ3) is 3.91. The summed E-state index contributed by atoms with van der Waals surface area (Å²) in [6.07, 6.45) is 5.18. The number of carboxylic acids is 1. The van der Waals surface area contributed by atoms with Crippen molar-refractivity contribution in [1.82, 2.24) is 4.57 Å². The molecule has 0 unspecified atom stereocenters. The van der Waals surface area contributed by atoms with Gasteiger partial charge >= 0.3 is 5.97 Å². The number of aromatic nitrogens is 1. The van der Waals surface area contributed by atoms with Gasteiger partial charge in [0.2, 0.25) is 0 Å². The minimum atomic E-state index is -0.718. The number of rotatable bonds is 6. The molecule has 7 heteroatoms. The molecule has 0 atom stereocenters. The van der Waals surface area contributed by atoms with Crippen LogP contribution in [0.3, 0.4) is 0 Å². The summed E-state index contributed by atoms with van der Waals surface area (Å²) in [5, 5.41) is 18.2. The van der Waals surface area contributed by atoms with Crippen LogP contribution in [0.5, 0.6) is 0 Å². The summed E-state index contributed by atoms with van der Waals surface area (Å²) in [5.41, 5.74) is 11.7. The molecule has 0 radical (unpaired) electrons. The Morgan fingerprint density at radius 3 is 2.55 bits per heavy atom. The van der Waals surface area contributed by atoms with E-state index in [0.29, 0.717) is 43.2 Å². The predicted molar refractivity (Wildman–Crippen MR) is 126 cm³/mol. The van der Waals surface area contributed by atoms with Gasteiger partial charge in [0.1, 0.15) is 5.82 Å². The number of hydrogen-bond acceptors (Lipinski definition) is 4. The molecular weight excluding hydrogens is 421 g/mol.